The number of hydrogen-bond donors (Lipinski definition) is 2. The Bertz CT molecular complexity index is 399. The Balaban J connectivity index is 1.91. The van der Waals surface area contributed by atoms with Crippen LogP contribution < -0.4 is 11.1 Å². The second-order valence-corrected chi connectivity index (χ2v) is 6.08. The van der Waals surface area contributed by atoms with Gasteiger partial charge < -0.3 is 5.73 Å². The zero-order valence-electron chi connectivity index (χ0n) is 10.8. The van der Waals surface area contributed by atoms with E-state index in [1.807, 2.05) is 12.3 Å². The third kappa shape index (κ3) is 3.53. The lowest BCUT2D eigenvalue weighted by Crippen LogP contribution is -2.46. The van der Waals surface area contributed by atoms with Crippen molar-refractivity contribution in [2.75, 3.05) is 0 Å². The van der Waals surface area contributed by atoms with E-state index < -0.39 is 0 Å². The molecule has 1 fully saturated rings. The van der Waals surface area contributed by atoms with Crippen LogP contribution >= 0.6 is 11.3 Å². The van der Waals surface area contributed by atoms with Crippen molar-refractivity contribution in [3.63, 3.8) is 0 Å². The van der Waals surface area contributed by atoms with Crippen LogP contribution in [0.1, 0.15) is 42.8 Å². The van der Waals surface area contributed by atoms with E-state index in [0.717, 1.165) is 23.5 Å². The summed E-state index contributed by atoms with van der Waals surface area (Å²) in [6, 6.07) is -0.202. The summed E-state index contributed by atoms with van der Waals surface area (Å²) in [7, 11) is 0. The van der Waals surface area contributed by atoms with Gasteiger partial charge in [-0.2, -0.15) is 0 Å². The summed E-state index contributed by atoms with van der Waals surface area (Å²) >= 11 is 1.63. The fraction of sp³-hybridized carbons (Fsp3) is 0.692. The molecule has 0 radical (unpaired) electrons. The number of rotatable bonds is 5. The predicted molar refractivity (Wildman–Crippen MR) is 73.2 cm³/mol. The molecule has 3 N–H and O–H groups in total. The van der Waals surface area contributed by atoms with Crippen LogP contribution in [-0.2, 0) is 11.3 Å². The standard InChI is InChI=1S/C13H21N3OS/c1-9-16-11(8-18-9)7-15-12(13(14)17)10-5-3-2-4-6-10/h8,10,12,15H,2-7H2,1H3,(H2,14,17). The predicted octanol–water partition coefficient (Wildman–Crippen LogP) is 1.98. The number of thiazole rings is 1. The number of nitrogens with two attached hydrogens (primary N) is 1. The Hall–Kier alpha value is -0.940. The molecule has 100 valence electrons. The molecule has 1 aromatic heterocycles. The van der Waals surface area contributed by atoms with Gasteiger partial charge in [0.15, 0.2) is 0 Å². The van der Waals surface area contributed by atoms with Crippen LogP contribution in [0.2, 0.25) is 0 Å². The second kappa shape index (κ2) is 6.29. The number of primary amides is 1. The lowest BCUT2D eigenvalue weighted by atomic mass is 9.83. The first-order valence-corrected chi connectivity index (χ1v) is 7.48. The first-order valence-electron chi connectivity index (χ1n) is 6.60. The number of hydrogen-bond acceptors (Lipinski definition) is 4. The molecule has 1 unspecified atom stereocenters. The molecule has 1 atom stereocenters. The average molecular weight is 267 g/mol. The van der Waals surface area contributed by atoms with Crippen molar-refractivity contribution in [3.05, 3.63) is 16.1 Å². The van der Waals surface area contributed by atoms with Gasteiger partial charge in [0.05, 0.1) is 16.7 Å². The van der Waals surface area contributed by atoms with Gasteiger partial charge in [0.2, 0.25) is 5.91 Å². The molecule has 5 heteroatoms. The highest BCUT2D eigenvalue weighted by Crippen LogP contribution is 2.26. The molecular formula is C13H21N3OS. The number of nitrogens with zero attached hydrogens (tertiary/aromatic N) is 1. The highest BCUT2D eigenvalue weighted by molar-refractivity contribution is 7.09. The van der Waals surface area contributed by atoms with E-state index in [4.69, 9.17) is 5.73 Å². The number of carbonyl (C=O) groups is 1. The minimum atomic E-state index is -0.228. The molecule has 0 saturated heterocycles. The molecule has 0 aromatic carbocycles. The summed E-state index contributed by atoms with van der Waals surface area (Å²) < 4.78 is 0. The van der Waals surface area contributed by atoms with Gasteiger partial charge in [-0.05, 0) is 25.7 Å². The number of carbonyl (C=O) groups excluding carboxylic acids is 1. The lowest BCUT2D eigenvalue weighted by molar-refractivity contribution is -0.121. The van der Waals surface area contributed by atoms with Crippen LogP contribution in [0.4, 0.5) is 0 Å². The van der Waals surface area contributed by atoms with Crippen LogP contribution in [0.5, 0.6) is 0 Å². The fourth-order valence-electron chi connectivity index (χ4n) is 2.67. The van der Waals surface area contributed by atoms with Gasteiger partial charge in [-0.15, -0.1) is 11.3 Å². The highest BCUT2D eigenvalue weighted by atomic mass is 32.1. The number of aromatic nitrogens is 1. The minimum Gasteiger partial charge on any atom is -0.368 e. The van der Waals surface area contributed by atoms with E-state index in [2.05, 4.69) is 10.3 Å². The Morgan fingerprint density at radius 3 is 2.83 bits per heavy atom. The third-order valence-corrected chi connectivity index (χ3v) is 4.42. The highest BCUT2D eigenvalue weighted by Gasteiger charge is 2.27. The molecule has 1 aliphatic carbocycles. The average Bonchev–Trinajstić information content (AvgIpc) is 2.76. The van der Waals surface area contributed by atoms with Crippen LogP contribution in [-0.4, -0.2) is 16.9 Å². The van der Waals surface area contributed by atoms with Crippen molar-refractivity contribution in [1.82, 2.24) is 10.3 Å². The normalized spacial score (nSPS) is 18.7. The molecule has 4 nitrogen and oxygen atoms in total. The van der Waals surface area contributed by atoms with Gasteiger partial charge in [0, 0.05) is 11.9 Å². The van der Waals surface area contributed by atoms with E-state index in [0.29, 0.717) is 12.5 Å². The number of amides is 1. The van der Waals surface area contributed by atoms with Crippen molar-refractivity contribution >= 4 is 17.2 Å². The fourth-order valence-corrected chi connectivity index (χ4v) is 3.28. The van der Waals surface area contributed by atoms with Crippen molar-refractivity contribution in [1.29, 1.82) is 0 Å². The maximum absolute atomic E-state index is 11.6. The van der Waals surface area contributed by atoms with Crippen LogP contribution in [0, 0.1) is 12.8 Å². The zero-order valence-corrected chi connectivity index (χ0v) is 11.6. The van der Waals surface area contributed by atoms with Gasteiger partial charge in [0.25, 0.3) is 0 Å². The molecule has 0 spiro atoms. The zero-order chi connectivity index (χ0) is 13.0. The Labute approximate surface area is 112 Å². The molecule has 1 amide bonds. The van der Waals surface area contributed by atoms with Crippen molar-refractivity contribution < 1.29 is 4.79 Å². The molecule has 1 aromatic rings. The smallest absolute Gasteiger partial charge is 0.234 e. The summed E-state index contributed by atoms with van der Waals surface area (Å²) in [4.78, 5) is 16.0. The van der Waals surface area contributed by atoms with Gasteiger partial charge >= 0.3 is 0 Å². The van der Waals surface area contributed by atoms with Crippen molar-refractivity contribution in [3.8, 4) is 0 Å². The van der Waals surface area contributed by atoms with Crippen LogP contribution in [0.3, 0.4) is 0 Å². The van der Waals surface area contributed by atoms with Crippen molar-refractivity contribution in [2.45, 2.75) is 51.6 Å². The second-order valence-electron chi connectivity index (χ2n) is 5.02. The molecule has 1 aliphatic rings. The monoisotopic (exact) mass is 267 g/mol. The maximum Gasteiger partial charge on any atom is 0.234 e. The van der Waals surface area contributed by atoms with E-state index in [1.54, 1.807) is 11.3 Å². The molecular weight excluding hydrogens is 246 g/mol. The van der Waals surface area contributed by atoms with Gasteiger partial charge in [-0.3, -0.25) is 10.1 Å². The van der Waals surface area contributed by atoms with Gasteiger partial charge in [-0.1, -0.05) is 19.3 Å². The molecule has 18 heavy (non-hydrogen) atoms. The summed E-state index contributed by atoms with van der Waals surface area (Å²) in [6.07, 6.45) is 5.93. The number of nitrogens with one attached hydrogen (secondary N) is 1. The summed E-state index contributed by atoms with van der Waals surface area (Å²) in [5.41, 5.74) is 6.52. The number of aryl methyl sites for hydroxylation is 1. The van der Waals surface area contributed by atoms with E-state index in [9.17, 15) is 4.79 Å². The molecule has 1 heterocycles. The van der Waals surface area contributed by atoms with Crippen LogP contribution in [0.15, 0.2) is 5.38 Å². The first-order chi connectivity index (χ1) is 8.66. The van der Waals surface area contributed by atoms with E-state index >= 15 is 0 Å². The lowest BCUT2D eigenvalue weighted by Gasteiger charge is -2.28. The van der Waals surface area contributed by atoms with Gasteiger partial charge in [0.1, 0.15) is 0 Å². The summed E-state index contributed by atoms with van der Waals surface area (Å²) in [6.45, 7) is 2.62. The summed E-state index contributed by atoms with van der Waals surface area (Å²) in [5.74, 6) is 0.171. The van der Waals surface area contributed by atoms with Crippen molar-refractivity contribution in [2.24, 2.45) is 11.7 Å². The SMILES string of the molecule is Cc1nc(CNC(C(N)=O)C2CCCCC2)cs1. The Morgan fingerprint density at radius 2 is 2.28 bits per heavy atom. The first kappa shape index (κ1) is 13.5. The quantitative estimate of drug-likeness (QED) is 0.857. The summed E-state index contributed by atoms with van der Waals surface area (Å²) in [5, 5.41) is 6.37. The van der Waals surface area contributed by atoms with E-state index in [-0.39, 0.29) is 11.9 Å². The topological polar surface area (TPSA) is 68.0 Å². The van der Waals surface area contributed by atoms with E-state index in [1.165, 1.54) is 19.3 Å². The molecule has 1 saturated carbocycles. The molecule has 2 rings (SSSR count). The molecule has 0 aliphatic heterocycles. The molecule has 0 bridgehead atoms. The Morgan fingerprint density at radius 1 is 1.56 bits per heavy atom. The minimum absolute atomic E-state index is 0.202. The third-order valence-electron chi connectivity index (χ3n) is 3.60. The van der Waals surface area contributed by atoms with Gasteiger partial charge in [-0.25, -0.2) is 4.98 Å². The van der Waals surface area contributed by atoms with Crippen LogP contribution in [0.25, 0.3) is 0 Å². The Kier molecular flexibility index (Phi) is 4.72. The maximum atomic E-state index is 11.6. The largest absolute Gasteiger partial charge is 0.368 e.